The van der Waals surface area contributed by atoms with E-state index < -0.39 is 10.4 Å². The van der Waals surface area contributed by atoms with Crippen LogP contribution in [0.3, 0.4) is 0 Å². The lowest BCUT2D eigenvalue weighted by Gasteiger charge is -1.94. The summed E-state index contributed by atoms with van der Waals surface area (Å²) in [4.78, 5) is 0. The van der Waals surface area contributed by atoms with Gasteiger partial charge >= 0.3 is 10.4 Å². The summed E-state index contributed by atoms with van der Waals surface area (Å²) in [5.41, 5.74) is 0. The van der Waals surface area contributed by atoms with Gasteiger partial charge in [0.25, 0.3) is 0 Å². The van der Waals surface area contributed by atoms with Gasteiger partial charge in [-0.1, -0.05) is 19.1 Å². The third-order valence-electron chi connectivity index (χ3n) is 0.919. The number of allylic oxidation sites excluding steroid dienone is 1. The Morgan fingerprint density at radius 1 is 1.45 bits per heavy atom. The van der Waals surface area contributed by atoms with Crippen molar-refractivity contribution in [3.63, 3.8) is 0 Å². The van der Waals surface area contributed by atoms with E-state index in [4.69, 9.17) is 4.55 Å². The molecule has 0 aliphatic heterocycles. The van der Waals surface area contributed by atoms with Gasteiger partial charge in [-0.25, -0.2) is 4.18 Å². The molecule has 0 saturated heterocycles. The van der Waals surface area contributed by atoms with E-state index in [1.165, 1.54) is 0 Å². The van der Waals surface area contributed by atoms with Crippen LogP contribution in [-0.2, 0) is 14.6 Å². The van der Waals surface area contributed by atoms with Crippen LogP contribution >= 0.6 is 0 Å². The van der Waals surface area contributed by atoms with Crippen LogP contribution in [0.1, 0.15) is 19.8 Å². The smallest absolute Gasteiger partial charge is 0.264 e. The SMILES string of the molecule is CC/C=C\CCOS(=O)(=O)O. The topological polar surface area (TPSA) is 63.6 Å². The highest BCUT2D eigenvalue weighted by molar-refractivity contribution is 7.80. The number of rotatable bonds is 5. The first-order valence-corrected chi connectivity index (χ1v) is 4.69. The van der Waals surface area contributed by atoms with Gasteiger partial charge in [-0.15, -0.1) is 0 Å². The first-order valence-electron chi connectivity index (χ1n) is 3.33. The maximum Gasteiger partial charge on any atom is 0.397 e. The molecule has 0 amide bonds. The summed E-state index contributed by atoms with van der Waals surface area (Å²) in [6, 6.07) is 0. The molecule has 0 aromatic rings. The molecule has 5 heteroatoms. The van der Waals surface area contributed by atoms with Crippen molar-refractivity contribution in [1.82, 2.24) is 0 Å². The molecule has 0 radical (unpaired) electrons. The van der Waals surface area contributed by atoms with Gasteiger partial charge in [0, 0.05) is 0 Å². The maximum absolute atomic E-state index is 9.97. The van der Waals surface area contributed by atoms with E-state index >= 15 is 0 Å². The standard InChI is InChI=1S/C6H12O4S/c1-2-3-4-5-6-10-11(7,8)9/h3-4H,2,5-6H2,1H3,(H,7,8,9)/b4-3-. The van der Waals surface area contributed by atoms with E-state index in [2.05, 4.69) is 4.18 Å². The normalized spacial score (nSPS) is 12.5. The van der Waals surface area contributed by atoms with Gasteiger partial charge in [-0.05, 0) is 12.8 Å². The zero-order chi connectivity index (χ0) is 8.74. The summed E-state index contributed by atoms with van der Waals surface area (Å²) in [6.07, 6.45) is 5.10. The summed E-state index contributed by atoms with van der Waals surface area (Å²) in [5, 5.41) is 0. The number of hydrogen-bond acceptors (Lipinski definition) is 3. The molecule has 11 heavy (non-hydrogen) atoms. The fourth-order valence-corrected chi connectivity index (χ4v) is 0.813. The van der Waals surface area contributed by atoms with Crippen LogP contribution < -0.4 is 0 Å². The first-order chi connectivity index (χ1) is 5.06. The van der Waals surface area contributed by atoms with E-state index in [-0.39, 0.29) is 6.61 Å². The summed E-state index contributed by atoms with van der Waals surface area (Å²) in [5.74, 6) is 0. The molecule has 0 atom stereocenters. The van der Waals surface area contributed by atoms with Crippen molar-refractivity contribution in [2.75, 3.05) is 6.61 Å². The zero-order valence-electron chi connectivity index (χ0n) is 6.36. The largest absolute Gasteiger partial charge is 0.397 e. The molecule has 4 nitrogen and oxygen atoms in total. The predicted octanol–water partition coefficient (Wildman–Crippen LogP) is 1.16. The fourth-order valence-electron chi connectivity index (χ4n) is 0.506. The molecule has 0 aromatic carbocycles. The van der Waals surface area contributed by atoms with Crippen molar-refractivity contribution in [3.05, 3.63) is 12.2 Å². The third-order valence-corrected chi connectivity index (χ3v) is 1.38. The van der Waals surface area contributed by atoms with Crippen molar-refractivity contribution in [2.45, 2.75) is 19.8 Å². The summed E-state index contributed by atoms with van der Waals surface area (Å²) >= 11 is 0. The molecule has 0 bridgehead atoms. The lowest BCUT2D eigenvalue weighted by molar-refractivity contribution is 0.273. The molecular weight excluding hydrogens is 168 g/mol. The lowest BCUT2D eigenvalue weighted by Crippen LogP contribution is -2.03. The summed E-state index contributed by atoms with van der Waals surface area (Å²) < 4.78 is 32.1. The molecule has 0 aliphatic rings. The molecule has 0 rings (SSSR count). The Hall–Kier alpha value is -0.390. The highest BCUT2D eigenvalue weighted by Crippen LogP contribution is 1.91. The van der Waals surface area contributed by atoms with Crippen LogP contribution in [0, 0.1) is 0 Å². The van der Waals surface area contributed by atoms with Gasteiger partial charge in [0.05, 0.1) is 6.61 Å². The van der Waals surface area contributed by atoms with Crippen LogP contribution in [0.15, 0.2) is 12.2 Å². The minimum atomic E-state index is -4.25. The van der Waals surface area contributed by atoms with Crippen LogP contribution in [0.2, 0.25) is 0 Å². The molecule has 0 saturated carbocycles. The van der Waals surface area contributed by atoms with Gasteiger partial charge < -0.3 is 0 Å². The Kier molecular flexibility index (Phi) is 5.10. The third kappa shape index (κ3) is 9.61. The summed E-state index contributed by atoms with van der Waals surface area (Å²) in [7, 11) is -4.25. The van der Waals surface area contributed by atoms with Crippen molar-refractivity contribution < 1.29 is 17.2 Å². The van der Waals surface area contributed by atoms with Gasteiger partial charge in [-0.3, -0.25) is 4.55 Å². The Morgan fingerprint density at radius 3 is 2.55 bits per heavy atom. The molecule has 0 unspecified atom stereocenters. The average molecular weight is 180 g/mol. The van der Waals surface area contributed by atoms with Crippen LogP contribution in [0.4, 0.5) is 0 Å². The quantitative estimate of drug-likeness (QED) is 0.392. The number of hydrogen-bond donors (Lipinski definition) is 1. The maximum atomic E-state index is 9.97. The van der Waals surface area contributed by atoms with Crippen LogP contribution in [0.5, 0.6) is 0 Å². The lowest BCUT2D eigenvalue weighted by atomic mass is 10.3. The highest BCUT2D eigenvalue weighted by atomic mass is 32.3. The van der Waals surface area contributed by atoms with Gasteiger partial charge in [0.15, 0.2) is 0 Å². The second kappa shape index (κ2) is 5.29. The minimum absolute atomic E-state index is 0.00463. The second-order valence-corrected chi connectivity index (χ2v) is 3.01. The minimum Gasteiger partial charge on any atom is -0.264 e. The van der Waals surface area contributed by atoms with Crippen molar-refractivity contribution >= 4 is 10.4 Å². The summed E-state index contributed by atoms with van der Waals surface area (Å²) in [6.45, 7) is 1.97. The van der Waals surface area contributed by atoms with E-state index in [1.807, 2.05) is 13.0 Å². The van der Waals surface area contributed by atoms with Crippen LogP contribution in [0.25, 0.3) is 0 Å². The van der Waals surface area contributed by atoms with E-state index in [0.717, 1.165) is 6.42 Å². The van der Waals surface area contributed by atoms with Gasteiger partial charge in [0.2, 0.25) is 0 Å². The molecule has 0 aromatic heterocycles. The van der Waals surface area contributed by atoms with Crippen LogP contribution in [-0.4, -0.2) is 19.6 Å². The van der Waals surface area contributed by atoms with Crippen molar-refractivity contribution in [2.24, 2.45) is 0 Å². The Balaban J connectivity index is 3.36. The highest BCUT2D eigenvalue weighted by Gasteiger charge is 2.00. The second-order valence-electron chi connectivity index (χ2n) is 1.92. The fraction of sp³-hybridized carbons (Fsp3) is 0.667. The Labute approximate surface area is 66.8 Å². The molecule has 0 spiro atoms. The first kappa shape index (κ1) is 10.6. The van der Waals surface area contributed by atoms with E-state index in [9.17, 15) is 8.42 Å². The molecule has 66 valence electrons. The Bertz CT molecular complexity index is 205. The van der Waals surface area contributed by atoms with Gasteiger partial charge in [0.1, 0.15) is 0 Å². The zero-order valence-corrected chi connectivity index (χ0v) is 7.17. The average Bonchev–Trinajstić information content (AvgIpc) is 1.85. The molecule has 0 aliphatic carbocycles. The van der Waals surface area contributed by atoms with Crippen molar-refractivity contribution in [1.29, 1.82) is 0 Å². The molecular formula is C6H12O4S. The molecule has 0 fully saturated rings. The van der Waals surface area contributed by atoms with E-state index in [0.29, 0.717) is 6.42 Å². The molecule has 1 N–H and O–H groups in total. The van der Waals surface area contributed by atoms with Gasteiger partial charge in [-0.2, -0.15) is 8.42 Å². The Morgan fingerprint density at radius 2 is 2.09 bits per heavy atom. The van der Waals surface area contributed by atoms with Crippen molar-refractivity contribution in [3.8, 4) is 0 Å². The van der Waals surface area contributed by atoms with E-state index in [1.54, 1.807) is 6.08 Å². The monoisotopic (exact) mass is 180 g/mol. The molecule has 0 heterocycles. The predicted molar refractivity (Wildman–Crippen MR) is 41.5 cm³/mol.